The topological polar surface area (TPSA) is 61.7 Å². The van der Waals surface area contributed by atoms with Crippen LogP contribution >= 0.6 is 0 Å². The summed E-state index contributed by atoms with van der Waals surface area (Å²) in [6.07, 6.45) is 1.79. The van der Waals surface area contributed by atoms with E-state index in [2.05, 4.69) is 16.1 Å². The standard InChI is InChI=1S/C21H27N5O2/c1-16-14-18(22-23(16)2)21(28)25-10-5-9-24(12-13-25)15-20(27)26-11-8-17-6-3-4-7-19(17)26/h3-4,6-7,14H,5,8-13,15H2,1-2H3. The number of fused-ring (bicyclic) bond motifs is 1. The summed E-state index contributed by atoms with van der Waals surface area (Å²) in [4.78, 5) is 31.5. The maximum atomic E-state index is 12.9. The molecule has 2 aliphatic heterocycles. The Morgan fingerprint density at radius 1 is 1.07 bits per heavy atom. The van der Waals surface area contributed by atoms with Gasteiger partial charge >= 0.3 is 0 Å². The summed E-state index contributed by atoms with van der Waals surface area (Å²) in [5.74, 6) is 0.121. The minimum atomic E-state index is -0.0228. The third kappa shape index (κ3) is 3.67. The molecule has 28 heavy (non-hydrogen) atoms. The van der Waals surface area contributed by atoms with E-state index < -0.39 is 0 Å². The number of para-hydroxylation sites is 1. The van der Waals surface area contributed by atoms with Crippen LogP contribution in [0.15, 0.2) is 30.3 Å². The SMILES string of the molecule is Cc1cc(C(=O)N2CCCN(CC(=O)N3CCc4ccccc43)CC2)nn1C. The van der Waals surface area contributed by atoms with Crippen molar-refractivity contribution in [2.24, 2.45) is 7.05 Å². The average molecular weight is 381 g/mol. The van der Waals surface area contributed by atoms with Crippen molar-refractivity contribution in [2.75, 3.05) is 44.2 Å². The zero-order chi connectivity index (χ0) is 19.7. The van der Waals surface area contributed by atoms with Crippen LogP contribution < -0.4 is 4.90 Å². The van der Waals surface area contributed by atoms with Crippen LogP contribution in [0, 0.1) is 6.92 Å². The molecule has 1 fully saturated rings. The number of anilines is 1. The smallest absolute Gasteiger partial charge is 0.274 e. The second-order valence-electron chi connectivity index (χ2n) is 7.64. The Kier molecular flexibility index (Phi) is 5.17. The summed E-state index contributed by atoms with van der Waals surface area (Å²) < 4.78 is 1.73. The Morgan fingerprint density at radius 2 is 1.89 bits per heavy atom. The van der Waals surface area contributed by atoms with Crippen molar-refractivity contribution in [3.63, 3.8) is 0 Å². The quantitative estimate of drug-likeness (QED) is 0.808. The molecule has 2 aliphatic rings. The second kappa shape index (κ2) is 7.75. The summed E-state index contributed by atoms with van der Waals surface area (Å²) in [5.41, 5.74) is 3.76. The molecule has 0 N–H and O–H groups in total. The van der Waals surface area contributed by atoms with Crippen LogP contribution in [0.5, 0.6) is 0 Å². The molecule has 0 bridgehead atoms. The number of hydrogen-bond acceptors (Lipinski definition) is 4. The van der Waals surface area contributed by atoms with Gasteiger partial charge in [0, 0.05) is 51.2 Å². The number of nitrogens with zero attached hydrogens (tertiary/aromatic N) is 5. The Hall–Kier alpha value is -2.67. The molecule has 1 aromatic heterocycles. The van der Waals surface area contributed by atoms with Crippen molar-refractivity contribution in [1.29, 1.82) is 0 Å². The lowest BCUT2D eigenvalue weighted by Crippen LogP contribution is -2.41. The number of aromatic nitrogens is 2. The van der Waals surface area contributed by atoms with E-state index in [4.69, 9.17) is 0 Å². The fourth-order valence-electron chi connectivity index (χ4n) is 4.03. The first-order valence-electron chi connectivity index (χ1n) is 9.93. The number of benzene rings is 1. The van der Waals surface area contributed by atoms with Gasteiger partial charge in [0.25, 0.3) is 5.91 Å². The summed E-state index contributed by atoms with van der Waals surface area (Å²) >= 11 is 0. The van der Waals surface area contributed by atoms with Gasteiger partial charge in [0.05, 0.1) is 6.54 Å². The van der Waals surface area contributed by atoms with E-state index in [9.17, 15) is 9.59 Å². The molecule has 0 radical (unpaired) electrons. The summed E-state index contributed by atoms with van der Waals surface area (Å²) in [5, 5.41) is 4.31. The fraction of sp³-hybridized carbons (Fsp3) is 0.476. The molecular weight excluding hydrogens is 354 g/mol. The normalized spacial score (nSPS) is 17.5. The minimum Gasteiger partial charge on any atom is -0.336 e. The van der Waals surface area contributed by atoms with Gasteiger partial charge < -0.3 is 9.80 Å². The molecule has 7 nitrogen and oxygen atoms in total. The largest absolute Gasteiger partial charge is 0.336 e. The zero-order valence-electron chi connectivity index (χ0n) is 16.6. The highest BCUT2D eigenvalue weighted by Crippen LogP contribution is 2.27. The Bertz CT molecular complexity index is 871. The predicted molar refractivity (Wildman–Crippen MR) is 107 cm³/mol. The molecule has 0 aliphatic carbocycles. The minimum absolute atomic E-state index is 0.0228. The molecule has 148 valence electrons. The zero-order valence-corrected chi connectivity index (χ0v) is 16.6. The van der Waals surface area contributed by atoms with Gasteiger partial charge in [0.1, 0.15) is 0 Å². The van der Waals surface area contributed by atoms with E-state index in [-0.39, 0.29) is 11.8 Å². The molecule has 0 unspecified atom stereocenters. The molecule has 1 saturated heterocycles. The number of hydrogen-bond donors (Lipinski definition) is 0. The van der Waals surface area contributed by atoms with Crippen LogP contribution in [0.25, 0.3) is 0 Å². The number of carbonyl (C=O) groups is 2. The number of amides is 2. The van der Waals surface area contributed by atoms with Crippen molar-refractivity contribution in [2.45, 2.75) is 19.8 Å². The monoisotopic (exact) mass is 381 g/mol. The van der Waals surface area contributed by atoms with Crippen molar-refractivity contribution < 1.29 is 9.59 Å². The maximum Gasteiger partial charge on any atom is 0.274 e. The van der Waals surface area contributed by atoms with Crippen LogP contribution in [0.4, 0.5) is 5.69 Å². The average Bonchev–Trinajstić information content (AvgIpc) is 3.18. The highest BCUT2D eigenvalue weighted by molar-refractivity contribution is 5.96. The molecule has 7 heteroatoms. The Morgan fingerprint density at radius 3 is 2.68 bits per heavy atom. The molecule has 0 saturated carbocycles. The maximum absolute atomic E-state index is 12.9. The summed E-state index contributed by atoms with van der Waals surface area (Å²) in [7, 11) is 1.85. The molecule has 3 heterocycles. The van der Waals surface area contributed by atoms with Crippen molar-refractivity contribution in [3.05, 3.63) is 47.3 Å². The van der Waals surface area contributed by atoms with E-state index in [0.717, 1.165) is 37.3 Å². The molecule has 2 aromatic rings. The van der Waals surface area contributed by atoms with E-state index in [1.165, 1.54) is 5.56 Å². The van der Waals surface area contributed by atoms with Crippen LogP contribution in [-0.4, -0.2) is 70.7 Å². The Balaban J connectivity index is 1.35. The molecule has 0 atom stereocenters. The van der Waals surface area contributed by atoms with Gasteiger partial charge in [0.2, 0.25) is 5.91 Å². The second-order valence-corrected chi connectivity index (χ2v) is 7.64. The third-order valence-electron chi connectivity index (χ3n) is 5.76. The Labute approximate surface area is 165 Å². The van der Waals surface area contributed by atoms with Gasteiger partial charge in [-0.1, -0.05) is 18.2 Å². The van der Waals surface area contributed by atoms with Gasteiger partial charge in [-0.3, -0.25) is 19.2 Å². The molecule has 2 amide bonds. The van der Waals surface area contributed by atoms with Crippen molar-refractivity contribution >= 4 is 17.5 Å². The lowest BCUT2D eigenvalue weighted by molar-refractivity contribution is -0.119. The highest BCUT2D eigenvalue weighted by atomic mass is 16.2. The first-order valence-corrected chi connectivity index (χ1v) is 9.93. The van der Waals surface area contributed by atoms with Gasteiger partial charge in [0.15, 0.2) is 5.69 Å². The van der Waals surface area contributed by atoms with Gasteiger partial charge in [-0.15, -0.1) is 0 Å². The van der Waals surface area contributed by atoms with Gasteiger partial charge in [-0.25, -0.2) is 0 Å². The predicted octanol–water partition coefficient (Wildman–Crippen LogP) is 1.47. The van der Waals surface area contributed by atoms with E-state index in [1.807, 2.05) is 48.0 Å². The molecule has 4 rings (SSSR count). The lowest BCUT2D eigenvalue weighted by atomic mass is 10.2. The van der Waals surface area contributed by atoms with Gasteiger partial charge in [-0.2, -0.15) is 5.10 Å². The molecule has 0 spiro atoms. The molecular formula is C21H27N5O2. The van der Waals surface area contributed by atoms with E-state index >= 15 is 0 Å². The first-order chi connectivity index (χ1) is 13.5. The third-order valence-corrected chi connectivity index (χ3v) is 5.76. The fourth-order valence-corrected chi connectivity index (χ4v) is 4.03. The summed E-state index contributed by atoms with van der Waals surface area (Å²) in [6.45, 7) is 5.96. The number of rotatable bonds is 3. The first kappa shape index (κ1) is 18.7. The van der Waals surface area contributed by atoms with Crippen LogP contribution in [0.2, 0.25) is 0 Å². The molecule has 1 aromatic carbocycles. The highest BCUT2D eigenvalue weighted by Gasteiger charge is 2.27. The van der Waals surface area contributed by atoms with E-state index in [1.54, 1.807) is 4.68 Å². The number of carbonyl (C=O) groups excluding carboxylic acids is 2. The van der Waals surface area contributed by atoms with Crippen LogP contribution in [0.1, 0.15) is 28.2 Å². The van der Waals surface area contributed by atoms with Crippen molar-refractivity contribution in [3.8, 4) is 0 Å². The van der Waals surface area contributed by atoms with E-state index in [0.29, 0.717) is 31.9 Å². The summed E-state index contributed by atoms with van der Waals surface area (Å²) in [6, 6.07) is 9.96. The lowest BCUT2D eigenvalue weighted by Gasteiger charge is -2.24. The van der Waals surface area contributed by atoms with Gasteiger partial charge in [-0.05, 0) is 37.5 Å². The van der Waals surface area contributed by atoms with Crippen molar-refractivity contribution in [1.82, 2.24) is 19.6 Å². The number of aryl methyl sites for hydroxylation is 2. The van der Waals surface area contributed by atoms with Crippen LogP contribution in [-0.2, 0) is 18.3 Å². The van der Waals surface area contributed by atoms with Crippen LogP contribution in [0.3, 0.4) is 0 Å².